The Labute approximate surface area is 96.9 Å². The first-order valence-corrected chi connectivity index (χ1v) is 5.81. The molecule has 0 bridgehead atoms. The number of nitrogens with one attached hydrogen (secondary N) is 1. The van der Waals surface area contributed by atoms with Gasteiger partial charge in [0, 0.05) is 11.0 Å². The Morgan fingerprint density at radius 2 is 2.00 bits per heavy atom. The molecule has 1 nitrogen and oxygen atoms in total. The van der Waals surface area contributed by atoms with E-state index in [0.717, 1.165) is 0 Å². The van der Waals surface area contributed by atoms with Crippen molar-refractivity contribution in [3.8, 4) is 0 Å². The third-order valence-corrected chi connectivity index (χ3v) is 4.38. The smallest absolute Gasteiger partial charge is 0.0513 e. The number of hydrogen-bond donors (Lipinski definition) is 1. The highest BCUT2D eigenvalue weighted by atomic mass is 15.0. The van der Waals surface area contributed by atoms with Crippen molar-refractivity contribution in [2.75, 3.05) is 0 Å². The number of rotatable bonds is 1. The van der Waals surface area contributed by atoms with Crippen LogP contribution in [0.3, 0.4) is 0 Å². The van der Waals surface area contributed by atoms with Crippen molar-refractivity contribution >= 4 is 0 Å². The van der Waals surface area contributed by atoms with Gasteiger partial charge in [0.05, 0.1) is 6.04 Å². The maximum atomic E-state index is 3.93. The molecule has 1 aromatic rings. The molecular weight excluding hydrogens is 194 g/mol. The van der Waals surface area contributed by atoms with Crippen LogP contribution in [0, 0.1) is 0 Å². The molecular formula is C15H17N. The first-order valence-electron chi connectivity index (χ1n) is 5.81. The molecule has 0 spiro atoms. The molecule has 1 heteroatoms. The Morgan fingerprint density at radius 1 is 1.25 bits per heavy atom. The van der Waals surface area contributed by atoms with Crippen LogP contribution in [-0.2, 0) is 5.41 Å². The molecule has 1 aliphatic heterocycles. The minimum absolute atomic E-state index is 0.0697. The van der Waals surface area contributed by atoms with Gasteiger partial charge in [0.15, 0.2) is 0 Å². The highest BCUT2D eigenvalue weighted by molar-refractivity contribution is 5.54. The first kappa shape index (κ1) is 9.86. The molecule has 3 rings (SSSR count). The molecule has 1 heterocycles. The molecule has 0 saturated carbocycles. The molecule has 1 N–H and O–H groups in total. The molecule has 1 aromatic carbocycles. The zero-order valence-electron chi connectivity index (χ0n) is 9.83. The van der Waals surface area contributed by atoms with Crippen LogP contribution in [0.25, 0.3) is 0 Å². The van der Waals surface area contributed by atoms with Crippen LogP contribution in [0.5, 0.6) is 0 Å². The van der Waals surface area contributed by atoms with Crippen LogP contribution in [0.2, 0.25) is 0 Å². The largest absolute Gasteiger partial charge is 0.297 e. The number of fused-ring (bicyclic) bond motifs is 3. The van der Waals surface area contributed by atoms with E-state index in [0.29, 0.717) is 0 Å². The van der Waals surface area contributed by atoms with Gasteiger partial charge in [0.25, 0.3) is 0 Å². The van der Waals surface area contributed by atoms with Crippen LogP contribution in [0.1, 0.15) is 31.0 Å². The quantitative estimate of drug-likeness (QED) is 0.704. The minimum atomic E-state index is 0.0697. The number of hydrogen-bond acceptors (Lipinski definition) is 1. The SMILES string of the molecule is C=CC1NC2(C)C=CC2(C)c2ccccc21. The van der Waals surface area contributed by atoms with E-state index in [4.69, 9.17) is 0 Å². The van der Waals surface area contributed by atoms with Crippen LogP contribution < -0.4 is 5.32 Å². The van der Waals surface area contributed by atoms with Gasteiger partial charge in [-0.1, -0.05) is 42.5 Å². The third kappa shape index (κ3) is 0.946. The van der Waals surface area contributed by atoms with Gasteiger partial charge in [-0.2, -0.15) is 0 Å². The van der Waals surface area contributed by atoms with Gasteiger partial charge >= 0.3 is 0 Å². The van der Waals surface area contributed by atoms with Crippen molar-refractivity contribution in [2.24, 2.45) is 0 Å². The molecule has 0 radical (unpaired) electrons. The molecule has 0 saturated heterocycles. The second kappa shape index (κ2) is 2.86. The van der Waals surface area contributed by atoms with E-state index in [-0.39, 0.29) is 17.0 Å². The van der Waals surface area contributed by atoms with Crippen molar-refractivity contribution in [3.63, 3.8) is 0 Å². The van der Waals surface area contributed by atoms with Gasteiger partial charge in [-0.05, 0) is 25.0 Å². The summed E-state index contributed by atoms with van der Waals surface area (Å²) < 4.78 is 0. The van der Waals surface area contributed by atoms with Gasteiger partial charge in [-0.15, -0.1) is 6.58 Å². The van der Waals surface area contributed by atoms with Crippen LogP contribution >= 0.6 is 0 Å². The third-order valence-electron chi connectivity index (χ3n) is 4.38. The Kier molecular flexibility index (Phi) is 1.76. The van der Waals surface area contributed by atoms with Crippen molar-refractivity contribution < 1.29 is 0 Å². The Bertz CT molecular complexity index is 488. The van der Waals surface area contributed by atoms with Crippen molar-refractivity contribution in [1.29, 1.82) is 0 Å². The first-order chi connectivity index (χ1) is 7.61. The Hall–Kier alpha value is -1.34. The van der Waals surface area contributed by atoms with E-state index < -0.39 is 0 Å². The number of benzene rings is 1. The summed E-state index contributed by atoms with van der Waals surface area (Å²) in [7, 11) is 0. The summed E-state index contributed by atoms with van der Waals surface area (Å²) in [5, 5.41) is 3.67. The minimum Gasteiger partial charge on any atom is -0.297 e. The summed E-state index contributed by atoms with van der Waals surface area (Å²) in [5.74, 6) is 0. The highest BCUT2D eigenvalue weighted by Gasteiger charge is 2.53. The maximum absolute atomic E-state index is 3.93. The van der Waals surface area contributed by atoms with E-state index in [1.54, 1.807) is 0 Å². The fraction of sp³-hybridized carbons (Fsp3) is 0.333. The highest BCUT2D eigenvalue weighted by Crippen LogP contribution is 2.51. The van der Waals surface area contributed by atoms with Crippen molar-refractivity contribution in [3.05, 3.63) is 60.2 Å². The predicted molar refractivity (Wildman–Crippen MR) is 67.4 cm³/mol. The standard InChI is InChI=1S/C15H17N/c1-4-13-11-7-5-6-8-12(11)14(2)9-10-15(14,3)16-13/h4-10,13,16H,1H2,2-3H3. The second-order valence-corrected chi connectivity index (χ2v) is 5.18. The Morgan fingerprint density at radius 3 is 2.62 bits per heavy atom. The summed E-state index contributed by atoms with van der Waals surface area (Å²) in [6.45, 7) is 8.50. The lowest BCUT2D eigenvalue weighted by Crippen LogP contribution is -2.64. The summed E-state index contributed by atoms with van der Waals surface area (Å²) in [4.78, 5) is 0. The van der Waals surface area contributed by atoms with Gasteiger partial charge < -0.3 is 0 Å². The predicted octanol–water partition coefficient (Wildman–Crippen LogP) is 3.10. The molecule has 1 aliphatic carbocycles. The zero-order chi connectivity index (χ0) is 11.4. The summed E-state index contributed by atoms with van der Waals surface area (Å²) in [6, 6.07) is 8.94. The maximum Gasteiger partial charge on any atom is 0.0513 e. The van der Waals surface area contributed by atoms with E-state index >= 15 is 0 Å². The molecule has 0 amide bonds. The average molecular weight is 211 g/mol. The topological polar surface area (TPSA) is 12.0 Å². The molecule has 3 atom stereocenters. The molecule has 2 aliphatic rings. The summed E-state index contributed by atoms with van der Waals surface area (Å²) in [6.07, 6.45) is 6.56. The normalized spacial score (nSPS) is 39.5. The van der Waals surface area contributed by atoms with Crippen LogP contribution in [0.4, 0.5) is 0 Å². The molecule has 82 valence electrons. The summed E-state index contributed by atoms with van der Waals surface area (Å²) in [5.41, 5.74) is 2.99. The van der Waals surface area contributed by atoms with Gasteiger partial charge in [-0.25, -0.2) is 0 Å². The van der Waals surface area contributed by atoms with E-state index in [9.17, 15) is 0 Å². The van der Waals surface area contributed by atoms with Gasteiger partial charge in [-0.3, -0.25) is 5.32 Å². The lowest BCUT2D eigenvalue weighted by molar-refractivity contribution is 0.229. The molecule has 16 heavy (non-hydrogen) atoms. The van der Waals surface area contributed by atoms with Crippen LogP contribution in [-0.4, -0.2) is 5.54 Å². The fourth-order valence-electron chi connectivity index (χ4n) is 2.98. The molecule has 3 unspecified atom stereocenters. The van der Waals surface area contributed by atoms with Crippen molar-refractivity contribution in [1.82, 2.24) is 5.32 Å². The van der Waals surface area contributed by atoms with Crippen LogP contribution in [0.15, 0.2) is 49.1 Å². The fourth-order valence-corrected chi connectivity index (χ4v) is 2.98. The van der Waals surface area contributed by atoms with Crippen molar-refractivity contribution in [2.45, 2.75) is 30.8 Å². The lowest BCUT2D eigenvalue weighted by atomic mass is 9.56. The van der Waals surface area contributed by atoms with Gasteiger partial charge in [0.1, 0.15) is 0 Å². The van der Waals surface area contributed by atoms with E-state index in [1.165, 1.54) is 11.1 Å². The van der Waals surface area contributed by atoms with Gasteiger partial charge in [0.2, 0.25) is 0 Å². The second-order valence-electron chi connectivity index (χ2n) is 5.18. The summed E-state index contributed by atoms with van der Waals surface area (Å²) >= 11 is 0. The molecule has 0 aromatic heterocycles. The zero-order valence-corrected chi connectivity index (χ0v) is 9.83. The average Bonchev–Trinajstić information content (AvgIpc) is 2.32. The monoisotopic (exact) mass is 211 g/mol. The Balaban J connectivity index is 2.25. The lowest BCUT2D eigenvalue weighted by Gasteiger charge is -2.56. The van der Waals surface area contributed by atoms with E-state index in [2.05, 4.69) is 62.2 Å². The molecule has 0 fully saturated rings. The van der Waals surface area contributed by atoms with E-state index in [1.807, 2.05) is 6.08 Å².